The van der Waals surface area contributed by atoms with Gasteiger partial charge in [-0.2, -0.15) is 0 Å². The van der Waals surface area contributed by atoms with Crippen LogP contribution in [0, 0.1) is 10.1 Å². The van der Waals surface area contributed by atoms with Gasteiger partial charge in [0.1, 0.15) is 5.84 Å². The molecule has 0 unspecified atom stereocenters. The van der Waals surface area contributed by atoms with Crippen LogP contribution in [-0.2, 0) is 0 Å². The number of nitrogens with two attached hydrogens (primary N) is 1. The lowest BCUT2D eigenvalue weighted by Crippen LogP contribution is -2.13. The van der Waals surface area contributed by atoms with E-state index in [1.807, 2.05) is 0 Å². The van der Waals surface area contributed by atoms with E-state index in [1.165, 1.54) is 18.2 Å². The molecule has 0 atom stereocenters. The number of hydrogen-bond acceptors (Lipinski definition) is 5. The molecule has 0 aliphatic carbocycles. The maximum atomic E-state index is 10.8. The van der Waals surface area contributed by atoms with E-state index in [2.05, 4.69) is 5.16 Å². The maximum absolute atomic E-state index is 10.8. The van der Waals surface area contributed by atoms with Gasteiger partial charge >= 0.3 is 5.69 Å². The Hall–Kier alpha value is -2.02. The Labute approximate surface area is 108 Å². The lowest BCUT2D eigenvalue weighted by molar-refractivity contribution is -0.385. The molecule has 0 aliphatic rings. The molecule has 18 heavy (non-hydrogen) atoms. The summed E-state index contributed by atoms with van der Waals surface area (Å²) in [6.45, 7) is 0.181. The molecule has 0 heterocycles. The third-order valence-corrected chi connectivity index (χ3v) is 2.39. The van der Waals surface area contributed by atoms with Crippen molar-refractivity contribution >= 4 is 23.1 Å². The van der Waals surface area contributed by atoms with Crippen molar-refractivity contribution in [1.82, 2.24) is 0 Å². The molecule has 0 saturated carbocycles. The van der Waals surface area contributed by atoms with Crippen LogP contribution in [0.25, 0.3) is 0 Å². The second-order valence-electron chi connectivity index (χ2n) is 3.39. The fourth-order valence-electron chi connectivity index (χ4n) is 1.26. The number of nitro groups is 1. The number of ether oxygens (including phenoxy) is 1. The van der Waals surface area contributed by atoms with Crippen LogP contribution in [0.2, 0.25) is 5.02 Å². The molecule has 0 aliphatic heterocycles. The molecule has 0 spiro atoms. The van der Waals surface area contributed by atoms with Crippen molar-refractivity contribution in [2.45, 2.75) is 12.8 Å². The van der Waals surface area contributed by atoms with Crippen molar-refractivity contribution in [3.63, 3.8) is 0 Å². The zero-order chi connectivity index (χ0) is 13.5. The van der Waals surface area contributed by atoms with Crippen LogP contribution >= 0.6 is 11.6 Å². The van der Waals surface area contributed by atoms with Crippen molar-refractivity contribution in [2.24, 2.45) is 10.9 Å². The predicted octanol–water partition coefficient (Wildman–Crippen LogP) is 2.15. The first kappa shape index (κ1) is 14.0. The maximum Gasteiger partial charge on any atom is 0.312 e. The molecular weight excluding hydrogens is 262 g/mol. The molecule has 0 fully saturated rings. The van der Waals surface area contributed by atoms with E-state index in [-0.39, 0.29) is 28.9 Å². The normalized spacial score (nSPS) is 11.3. The van der Waals surface area contributed by atoms with Gasteiger partial charge in [-0.15, -0.1) is 0 Å². The molecule has 98 valence electrons. The summed E-state index contributed by atoms with van der Waals surface area (Å²) in [4.78, 5) is 10.2. The Bertz CT molecular complexity index is 464. The van der Waals surface area contributed by atoms with Gasteiger partial charge in [-0.25, -0.2) is 0 Å². The number of rotatable bonds is 6. The number of nitro benzene ring substituents is 1. The van der Waals surface area contributed by atoms with Crippen LogP contribution in [0.1, 0.15) is 12.8 Å². The molecule has 0 saturated heterocycles. The van der Waals surface area contributed by atoms with Crippen LogP contribution in [-0.4, -0.2) is 22.6 Å². The van der Waals surface area contributed by atoms with Crippen molar-refractivity contribution in [1.29, 1.82) is 0 Å². The quantitative estimate of drug-likeness (QED) is 0.206. The highest BCUT2D eigenvalue weighted by atomic mass is 35.5. The Morgan fingerprint density at radius 3 is 2.94 bits per heavy atom. The number of benzene rings is 1. The summed E-state index contributed by atoms with van der Waals surface area (Å²) in [5.41, 5.74) is 5.08. The zero-order valence-electron chi connectivity index (χ0n) is 9.38. The van der Waals surface area contributed by atoms with E-state index >= 15 is 0 Å². The molecule has 0 aromatic heterocycles. The smallest absolute Gasteiger partial charge is 0.312 e. The molecule has 1 rings (SSSR count). The molecule has 8 heteroatoms. The van der Waals surface area contributed by atoms with Crippen molar-refractivity contribution in [3.05, 3.63) is 33.3 Å². The first-order valence-corrected chi connectivity index (χ1v) is 5.46. The molecule has 3 N–H and O–H groups in total. The molecule has 0 bridgehead atoms. The standard InChI is InChI=1S/C10H12ClN3O4/c11-7-3-1-4-8(14(16)17)10(7)18-6-2-5-9(12)13-15/h1,3-4,15H,2,5-6H2,(H2,12,13). The van der Waals surface area contributed by atoms with Gasteiger partial charge in [-0.05, 0) is 12.5 Å². The van der Waals surface area contributed by atoms with Crippen LogP contribution in [0.4, 0.5) is 5.69 Å². The molecule has 0 radical (unpaired) electrons. The number of para-hydroxylation sites is 1. The minimum atomic E-state index is -0.565. The Kier molecular flexibility index (Phi) is 5.19. The monoisotopic (exact) mass is 273 g/mol. The molecule has 1 aromatic rings. The zero-order valence-corrected chi connectivity index (χ0v) is 10.1. The number of oxime groups is 1. The number of halogens is 1. The van der Waals surface area contributed by atoms with Gasteiger partial charge in [0, 0.05) is 12.5 Å². The third-order valence-electron chi connectivity index (χ3n) is 2.09. The second kappa shape index (κ2) is 6.65. The lowest BCUT2D eigenvalue weighted by atomic mass is 10.3. The topological polar surface area (TPSA) is 111 Å². The summed E-state index contributed by atoms with van der Waals surface area (Å²) in [5, 5.41) is 22.1. The van der Waals surface area contributed by atoms with Crippen molar-refractivity contribution < 1.29 is 14.9 Å². The Morgan fingerprint density at radius 1 is 1.61 bits per heavy atom. The second-order valence-corrected chi connectivity index (χ2v) is 3.80. The van der Waals surface area contributed by atoms with E-state index in [9.17, 15) is 10.1 Å². The van der Waals surface area contributed by atoms with Gasteiger partial charge in [0.05, 0.1) is 16.6 Å². The highest BCUT2D eigenvalue weighted by Crippen LogP contribution is 2.34. The number of hydrogen-bond donors (Lipinski definition) is 2. The van der Waals surface area contributed by atoms with Gasteiger partial charge in [-0.3, -0.25) is 10.1 Å². The molecule has 1 aromatic carbocycles. The first-order valence-electron chi connectivity index (χ1n) is 5.08. The fourth-order valence-corrected chi connectivity index (χ4v) is 1.49. The minimum absolute atomic E-state index is 0.0312. The summed E-state index contributed by atoms with van der Waals surface area (Å²) in [6, 6.07) is 4.29. The van der Waals surface area contributed by atoms with Gasteiger partial charge in [-0.1, -0.05) is 22.8 Å². The van der Waals surface area contributed by atoms with Crippen molar-refractivity contribution in [2.75, 3.05) is 6.61 Å². The highest BCUT2D eigenvalue weighted by Gasteiger charge is 2.17. The van der Waals surface area contributed by atoms with E-state index in [4.69, 9.17) is 27.3 Å². The summed E-state index contributed by atoms with van der Waals surface area (Å²) < 4.78 is 5.26. The first-order chi connectivity index (χ1) is 8.56. The molecule has 0 amide bonds. The lowest BCUT2D eigenvalue weighted by Gasteiger charge is -2.07. The van der Waals surface area contributed by atoms with E-state index in [1.54, 1.807) is 0 Å². The SMILES string of the molecule is N/C(CCCOc1c(Cl)cccc1[N+](=O)[O-])=N/O. The summed E-state index contributed by atoms with van der Waals surface area (Å²) in [6.07, 6.45) is 0.785. The largest absolute Gasteiger partial charge is 0.486 e. The summed E-state index contributed by atoms with van der Waals surface area (Å²) in [7, 11) is 0. The van der Waals surface area contributed by atoms with Crippen LogP contribution in [0.3, 0.4) is 0 Å². The van der Waals surface area contributed by atoms with E-state index in [0.29, 0.717) is 12.8 Å². The van der Waals surface area contributed by atoms with Gasteiger partial charge in [0.2, 0.25) is 5.75 Å². The Balaban J connectivity index is 2.64. The average molecular weight is 274 g/mol. The van der Waals surface area contributed by atoms with Gasteiger partial charge in [0.15, 0.2) is 0 Å². The number of nitrogens with zero attached hydrogens (tertiary/aromatic N) is 2. The van der Waals surface area contributed by atoms with Crippen LogP contribution in [0.5, 0.6) is 5.75 Å². The van der Waals surface area contributed by atoms with Crippen LogP contribution in [0.15, 0.2) is 23.4 Å². The van der Waals surface area contributed by atoms with Crippen molar-refractivity contribution in [3.8, 4) is 5.75 Å². The van der Waals surface area contributed by atoms with Gasteiger partial charge < -0.3 is 15.7 Å². The highest BCUT2D eigenvalue weighted by molar-refractivity contribution is 6.32. The third kappa shape index (κ3) is 3.77. The Morgan fingerprint density at radius 2 is 2.33 bits per heavy atom. The average Bonchev–Trinajstić information content (AvgIpc) is 2.35. The van der Waals surface area contributed by atoms with E-state index in [0.717, 1.165) is 0 Å². The summed E-state index contributed by atoms with van der Waals surface area (Å²) >= 11 is 5.82. The minimum Gasteiger partial charge on any atom is -0.486 e. The fraction of sp³-hybridized carbons (Fsp3) is 0.300. The molecular formula is C10H12ClN3O4. The predicted molar refractivity (Wildman–Crippen MR) is 66.2 cm³/mol. The number of amidine groups is 1. The van der Waals surface area contributed by atoms with Gasteiger partial charge in [0.25, 0.3) is 0 Å². The van der Waals surface area contributed by atoms with Crippen LogP contribution < -0.4 is 10.5 Å². The molecule has 7 nitrogen and oxygen atoms in total. The summed E-state index contributed by atoms with van der Waals surface area (Å²) in [5.74, 6) is 0.107. The van der Waals surface area contributed by atoms with E-state index < -0.39 is 4.92 Å².